The van der Waals surface area contributed by atoms with E-state index >= 15 is 0 Å². The summed E-state index contributed by atoms with van der Waals surface area (Å²) in [5.74, 6) is 1.51. The van der Waals surface area contributed by atoms with Crippen molar-refractivity contribution in [2.24, 2.45) is 5.73 Å². The molecule has 0 aliphatic heterocycles. The molecule has 2 aromatic rings. The number of ether oxygens (including phenoxy) is 2. The van der Waals surface area contributed by atoms with E-state index in [1.807, 2.05) is 24.3 Å². The van der Waals surface area contributed by atoms with Crippen LogP contribution in [0.15, 0.2) is 31.8 Å². The number of methoxy groups -OCH3 is 2. The fourth-order valence-electron chi connectivity index (χ4n) is 1.82. The minimum Gasteiger partial charge on any atom is -0.497 e. The minimum atomic E-state index is -0.276. The summed E-state index contributed by atoms with van der Waals surface area (Å²) in [6.07, 6.45) is 0. The van der Waals surface area contributed by atoms with Gasteiger partial charge >= 0.3 is 0 Å². The highest BCUT2D eigenvalue weighted by atomic mass is 79.9. The molecule has 1 unspecified atom stereocenters. The Labute approximate surface area is 133 Å². The number of nitrogens with two attached hydrogens (primary N) is 1. The number of hydrogen-bond acceptors (Lipinski definition) is 4. The molecular weight excluding hydrogens is 394 g/mol. The first-order valence-electron chi connectivity index (χ1n) is 5.49. The Morgan fingerprint density at radius 3 is 2.37 bits per heavy atom. The summed E-state index contributed by atoms with van der Waals surface area (Å²) in [7, 11) is 3.27. The highest BCUT2D eigenvalue weighted by Gasteiger charge is 2.19. The monoisotopic (exact) mass is 405 g/mol. The molecule has 0 radical (unpaired) electrons. The van der Waals surface area contributed by atoms with E-state index in [0.29, 0.717) is 0 Å². The lowest BCUT2D eigenvalue weighted by atomic mass is 10.0. The van der Waals surface area contributed by atoms with Crippen LogP contribution in [0.4, 0.5) is 0 Å². The summed E-state index contributed by atoms with van der Waals surface area (Å²) in [5, 5.41) is 0. The summed E-state index contributed by atoms with van der Waals surface area (Å²) in [5.41, 5.74) is 8.26. The molecule has 3 nitrogen and oxygen atoms in total. The quantitative estimate of drug-likeness (QED) is 0.821. The predicted molar refractivity (Wildman–Crippen MR) is 85.3 cm³/mol. The van der Waals surface area contributed by atoms with Crippen molar-refractivity contribution in [3.05, 3.63) is 43.0 Å². The first-order valence-corrected chi connectivity index (χ1v) is 7.89. The Bertz CT molecular complexity index is 586. The third-order valence-electron chi connectivity index (χ3n) is 2.79. The molecule has 0 saturated carbocycles. The number of rotatable bonds is 4. The molecule has 0 bridgehead atoms. The summed E-state index contributed by atoms with van der Waals surface area (Å²) >= 11 is 8.59. The van der Waals surface area contributed by atoms with Gasteiger partial charge < -0.3 is 15.2 Å². The first kappa shape index (κ1) is 14.8. The summed E-state index contributed by atoms with van der Waals surface area (Å²) in [6, 6.07) is 7.36. The van der Waals surface area contributed by atoms with Gasteiger partial charge in [-0.25, -0.2) is 0 Å². The lowest BCUT2D eigenvalue weighted by Crippen LogP contribution is -2.13. The van der Waals surface area contributed by atoms with E-state index in [0.717, 1.165) is 30.2 Å². The highest BCUT2D eigenvalue weighted by Crippen LogP contribution is 2.39. The van der Waals surface area contributed by atoms with Gasteiger partial charge in [-0.05, 0) is 61.7 Å². The molecule has 2 rings (SSSR count). The van der Waals surface area contributed by atoms with Crippen molar-refractivity contribution in [2.45, 2.75) is 6.04 Å². The second-order valence-corrected chi connectivity index (χ2v) is 7.61. The van der Waals surface area contributed by atoms with Gasteiger partial charge in [0, 0.05) is 5.56 Å². The van der Waals surface area contributed by atoms with Gasteiger partial charge in [0.2, 0.25) is 0 Å². The van der Waals surface area contributed by atoms with Crippen LogP contribution in [0.1, 0.15) is 17.2 Å². The Hall–Kier alpha value is -0.560. The molecule has 0 amide bonds. The Morgan fingerprint density at radius 2 is 1.84 bits per heavy atom. The number of benzene rings is 1. The number of thiophene rings is 1. The molecule has 1 atom stereocenters. The smallest absolute Gasteiger partial charge is 0.124 e. The molecule has 6 heteroatoms. The van der Waals surface area contributed by atoms with Crippen LogP contribution >= 0.6 is 43.2 Å². The van der Waals surface area contributed by atoms with Crippen LogP contribution in [0.5, 0.6) is 11.5 Å². The Kier molecular flexibility index (Phi) is 4.89. The minimum absolute atomic E-state index is 0.276. The number of hydrogen-bond donors (Lipinski definition) is 1. The van der Waals surface area contributed by atoms with Gasteiger partial charge in [0.25, 0.3) is 0 Å². The zero-order chi connectivity index (χ0) is 14.0. The SMILES string of the molecule is COc1ccc(OC)c(C(N)c2cc(Br)sc2Br)c1. The molecule has 2 N–H and O–H groups in total. The molecule has 1 aromatic heterocycles. The van der Waals surface area contributed by atoms with Crippen molar-refractivity contribution < 1.29 is 9.47 Å². The summed E-state index contributed by atoms with van der Waals surface area (Å²) in [6.45, 7) is 0. The standard InChI is InChI=1S/C13H13Br2NO2S/c1-17-7-3-4-10(18-2)8(5-7)12(16)9-6-11(14)19-13(9)15/h3-6,12H,16H2,1-2H3. The highest BCUT2D eigenvalue weighted by molar-refractivity contribution is 9.12. The third kappa shape index (κ3) is 3.13. The summed E-state index contributed by atoms with van der Waals surface area (Å²) in [4.78, 5) is 0. The predicted octanol–water partition coefficient (Wildman–Crippen LogP) is 4.34. The van der Waals surface area contributed by atoms with Crippen molar-refractivity contribution in [1.29, 1.82) is 0 Å². The lowest BCUT2D eigenvalue weighted by Gasteiger charge is -2.16. The van der Waals surface area contributed by atoms with Crippen LogP contribution in [0.2, 0.25) is 0 Å². The van der Waals surface area contributed by atoms with Crippen LogP contribution in [-0.4, -0.2) is 14.2 Å². The molecule has 0 spiro atoms. The van der Waals surface area contributed by atoms with Crippen molar-refractivity contribution in [3.63, 3.8) is 0 Å². The maximum atomic E-state index is 6.35. The Morgan fingerprint density at radius 1 is 1.11 bits per heavy atom. The molecule has 102 valence electrons. The van der Waals surface area contributed by atoms with Gasteiger partial charge in [-0.1, -0.05) is 0 Å². The first-order chi connectivity index (χ1) is 9.06. The van der Waals surface area contributed by atoms with E-state index in [-0.39, 0.29) is 6.04 Å². The molecule has 0 aliphatic carbocycles. The van der Waals surface area contributed by atoms with E-state index < -0.39 is 0 Å². The lowest BCUT2D eigenvalue weighted by molar-refractivity contribution is 0.397. The van der Waals surface area contributed by atoms with Crippen LogP contribution in [0.25, 0.3) is 0 Å². The van der Waals surface area contributed by atoms with E-state index in [9.17, 15) is 0 Å². The van der Waals surface area contributed by atoms with Crippen molar-refractivity contribution in [3.8, 4) is 11.5 Å². The number of halogens is 2. The van der Waals surface area contributed by atoms with Crippen LogP contribution in [0.3, 0.4) is 0 Å². The van der Waals surface area contributed by atoms with E-state index in [1.54, 1.807) is 25.6 Å². The molecule has 0 fully saturated rings. The van der Waals surface area contributed by atoms with Gasteiger partial charge in [-0.15, -0.1) is 11.3 Å². The van der Waals surface area contributed by atoms with Crippen LogP contribution in [-0.2, 0) is 0 Å². The second kappa shape index (κ2) is 6.26. The zero-order valence-corrected chi connectivity index (χ0v) is 14.4. The van der Waals surface area contributed by atoms with E-state index in [4.69, 9.17) is 15.2 Å². The van der Waals surface area contributed by atoms with Crippen molar-refractivity contribution in [2.75, 3.05) is 14.2 Å². The van der Waals surface area contributed by atoms with Crippen LogP contribution in [0, 0.1) is 0 Å². The maximum Gasteiger partial charge on any atom is 0.124 e. The third-order valence-corrected chi connectivity index (χ3v) is 5.18. The largest absolute Gasteiger partial charge is 0.497 e. The maximum absolute atomic E-state index is 6.35. The summed E-state index contributed by atoms with van der Waals surface area (Å²) < 4.78 is 12.7. The van der Waals surface area contributed by atoms with Gasteiger partial charge in [0.1, 0.15) is 11.5 Å². The molecule has 0 saturated heterocycles. The Balaban J connectivity index is 2.47. The van der Waals surface area contributed by atoms with E-state index in [2.05, 4.69) is 31.9 Å². The topological polar surface area (TPSA) is 44.5 Å². The second-order valence-electron chi connectivity index (χ2n) is 3.87. The zero-order valence-electron chi connectivity index (χ0n) is 10.4. The normalized spacial score (nSPS) is 12.3. The van der Waals surface area contributed by atoms with Crippen molar-refractivity contribution >= 4 is 43.2 Å². The van der Waals surface area contributed by atoms with Gasteiger partial charge in [0.05, 0.1) is 27.8 Å². The van der Waals surface area contributed by atoms with Gasteiger partial charge in [0.15, 0.2) is 0 Å². The molecule has 0 aliphatic rings. The fraction of sp³-hybridized carbons (Fsp3) is 0.231. The molecule has 1 aromatic carbocycles. The molecular formula is C13H13Br2NO2S. The molecule has 1 heterocycles. The van der Waals surface area contributed by atoms with E-state index in [1.165, 1.54) is 0 Å². The van der Waals surface area contributed by atoms with Crippen molar-refractivity contribution in [1.82, 2.24) is 0 Å². The fourth-order valence-corrected chi connectivity index (χ4v) is 4.74. The molecule has 19 heavy (non-hydrogen) atoms. The van der Waals surface area contributed by atoms with Crippen LogP contribution < -0.4 is 15.2 Å². The van der Waals surface area contributed by atoms with Gasteiger partial charge in [-0.2, -0.15) is 0 Å². The van der Waals surface area contributed by atoms with Gasteiger partial charge in [-0.3, -0.25) is 0 Å². The average molecular weight is 407 g/mol. The average Bonchev–Trinajstić information content (AvgIpc) is 2.76.